The predicted molar refractivity (Wildman–Crippen MR) is 49.8 cm³/mol. The van der Waals surface area contributed by atoms with Gasteiger partial charge in [0.15, 0.2) is 6.17 Å². The lowest BCUT2D eigenvalue weighted by Gasteiger charge is -2.10. The molecule has 0 bridgehead atoms. The van der Waals surface area contributed by atoms with Gasteiger partial charge in [-0.2, -0.15) is 0 Å². The first-order valence-corrected chi connectivity index (χ1v) is 4.08. The van der Waals surface area contributed by atoms with E-state index in [1.807, 2.05) is 13.0 Å². The van der Waals surface area contributed by atoms with Crippen LogP contribution in [0.15, 0.2) is 25.5 Å². The molecule has 0 fully saturated rings. The van der Waals surface area contributed by atoms with E-state index in [-0.39, 0.29) is 6.17 Å². The lowest BCUT2D eigenvalue weighted by atomic mass is 10.2. The first-order chi connectivity index (χ1) is 5.27. The minimum atomic E-state index is -0.0729. The molecule has 0 aromatic carbocycles. The van der Waals surface area contributed by atoms with Crippen LogP contribution in [-0.2, 0) is 0 Å². The van der Waals surface area contributed by atoms with Crippen molar-refractivity contribution in [2.45, 2.75) is 13.1 Å². The molecule has 11 heavy (non-hydrogen) atoms. The molecular weight excluding hydrogens is 206 g/mol. The maximum atomic E-state index is 4.30. The van der Waals surface area contributed by atoms with Gasteiger partial charge in [-0.15, -0.1) is 0 Å². The van der Waals surface area contributed by atoms with Crippen LogP contribution in [0.1, 0.15) is 6.92 Å². The Bertz CT molecular complexity index is 312. The molecule has 0 unspecified atom stereocenters. The number of dihydropyridines is 1. The summed E-state index contributed by atoms with van der Waals surface area (Å²) in [5, 5.41) is 0. The van der Waals surface area contributed by atoms with Gasteiger partial charge in [-0.25, -0.2) is 9.98 Å². The van der Waals surface area contributed by atoms with Crippen molar-refractivity contribution < 1.29 is 0 Å². The Kier molecular flexibility index (Phi) is 1.49. The lowest BCUT2D eigenvalue weighted by Crippen LogP contribution is -2.17. The summed E-state index contributed by atoms with van der Waals surface area (Å²) in [5.41, 5.74) is 1.90. The first kappa shape index (κ1) is 6.91. The van der Waals surface area contributed by atoms with Gasteiger partial charge in [0.25, 0.3) is 0 Å². The van der Waals surface area contributed by atoms with Crippen molar-refractivity contribution in [1.29, 1.82) is 0 Å². The molecule has 0 aromatic rings. The van der Waals surface area contributed by atoms with Crippen molar-refractivity contribution in [3.63, 3.8) is 0 Å². The van der Waals surface area contributed by atoms with Gasteiger partial charge >= 0.3 is 0 Å². The monoisotopic (exact) mass is 211 g/mol. The fraction of sp³-hybridized carbons (Fsp3) is 0.286. The van der Waals surface area contributed by atoms with Gasteiger partial charge in [0.05, 0.1) is 5.71 Å². The van der Waals surface area contributed by atoms with Crippen molar-refractivity contribution in [2.24, 2.45) is 15.0 Å². The highest BCUT2D eigenvalue weighted by atomic mass is 79.9. The van der Waals surface area contributed by atoms with E-state index in [9.17, 15) is 0 Å². The smallest absolute Gasteiger partial charge is 0.183 e. The van der Waals surface area contributed by atoms with Gasteiger partial charge in [-0.05, 0) is 28.9 Å². The van der Waals surface area contributed by atoms with E-state index in [4.69, 9.17) is 0 Å². The first-order valence-electron chi connectivity index (χ1n) is 3.29. The van der Waals surface area contributed by atoms with E-state index in [2.05, 4.69) is 30.9 Å². The summed E-state index contributed by atoms with van der Waals surface area (Å²) in [5.74, 6) is 0. The summed E-state index contributed by atoms with van der Waals surface area (Å²) in [4.78, 5) is 12.4. The van der Waals surface area contributed by atoms with Crippen LogP contribution >= 0.6 is 15.9 Å². The molecule has 3 nitrogen and oxygen atoms in total. The van der Waals surface area contributed by atoms with E-state index < -0.39 is 0 Å². The molecule has 4 heteroatoms. The van der Waals surface area contributed by atoms with Gasteiger partial charge in [-0.1, -0.05) is 0 Å². The van der Waals surface area contributed by atoms with Crippen molar-refractivity contribution in [1.82, 2.24) is 0 Å². The number of aliphatic imine (C=N–C) groups is 3. The molecule has 2 aliphatic heterocycles. The van der Waals surface area contributed by atoms with E-state index >= 15 is 0 Å². The van der Waals surface area contributed by atoms with Crippen LogP contribution in [0.25, 0.3) is 0 Å². The van der Waals surface area contributed by atoms with Gasteiger partial charge in [0.2, 0.25) is 0 Å². The average Bonchev–Trinajstić information content (AvgIpc) is 2.36. The van der Waals surface area contributed by atoms with Crippen LogP contribution in [0, 0.1) is 0 Å². The molecule has 2 rings (SSSR count). The van der Waals surface area contributed by atoms with Crippen molar-refractivity contribution >= 4 is 33.7 Å². The minimum absolute atomic E-state index is 0.0729. The zero-order chi connectivity index (χ0) is 7.84. The molecule has 2 aliphatic rings. The van der Waals surface area contributed by atoms with Crippen LogP contribution in [0.4, 0.5) is 0 Å². The lowest BCUT2D eigenvalue weighted by molar-refractivity contribution is 0.945. The Balaban J connectivity index is 2.43. The fourth-order valence-electron chi connectivity index (χ4n) is 0.997. The normalized spacial score (nSPS) is 27.5. The largest absolute Gasteiger partial charge is 0.256 e. The maximum Gasteiger partial charge on any atom is 0.183 e. The van der Waals surface area contributed by atoms with E-state index in [0.29, 0.717) is 0 Å². The highest BCUT2D eigenvalue weighted by Crippen LogP contribution is 2.18. The summed E-state index contributed by atoms with van der Waals surface area (Å²) in [6.07, 6.45) is 3.44. The summed E-state index contributed by atoms with van der Waals surface area (Å²) < 4.78 is 0.998. The Morgan fingerprint density at radius 3 is 3.18 bits per heavy atom. The van der Waals surface area contributed by atoms with Crippen molar-refractivity contribution in [3.05, 3.63) is 10.6 Å². The zero-order valence-electron chi connectivity index (χ0n) is 5.95. The molecule has 0 saturated carbocycles. The van der Waals surface area contributed by atoms with Crippen LogP contribution in [-0.4, -0.2) is 23.9 Å². The van der Waals surface area contributed by atoms with Crippen LogP contribution in [0.2, 0.25) is 0 Å². The number of halogens is 1. The second kappa shape index (κ2) is 2.37. The molecule has 0 aromatic heterocycles. The maximum absolute atomic E-state index is 4.30. The van der Waals surface area contributed by atoms with Crippen molar-refractivity contribution in [2.75, 3.05) is 0 Å². The molecule has 0 amide bonds. The Morgan fingerprint density at radius 1 is 1.55 bits per heavy atom. The summed E-state index contributed by atoms with van der Waals surface area (Å²) in [7, 11) is 0. The van der Waals surface area contributed by atoms with Gasteiger partial charge in [0, 0.05) is 10.2 Å². The molecule has 1 atom stereocenters. The second-order valence-corrected chi connectivity index (χ2v) is 3.25. The van der Waals surface area contributed by atoms with Crippen LogP contribution in [0.5, 0.6) is 0 Å². The third-order valence-electron chi connectivity index (χ3n) is 1.62. The Labute approximate surface area is 72.8 Å². The summed E-state index contributed by atoms with van der Waals surface area (Å²) in [6, 6.07) is 0. The summed E-state index contributed by atoms with van der Waals surface area (Å²) >= 11 is 3.38. The van der Waals surface area contributed by atoms with Gasteiger partial charge < -0.3 is 0 Å². The molecular formula is C7H6BrN3. The molecule has 0 N–H and O–H groups in total. The number of nitrogens with zero attached hydrogens (tertiary/aromatic N) is 3. The number of rotatable bonds is 0. The van der Waals surface area contributed by atoms with E-state index in [1.165, 1.54) is 0 Å². The number of hydrogen-bond donors (Lipinski definition) is 0. The van der Waals surface area contributed by atoms with Gasteiger partial charge in [-0.3, -0.25) is 4.99 Å². The van der Waals surface area contributed by atoms with Crippen LogP contribution < -0.4 is 0 Å². The molecule has 56 valence electrons. The highest BCUT2D eigenvalue weighted by molar-refractivity contribution is 9.12. The Morgan fingerprint density at radius 2 is 2.36 bits per heavy atom. The Hall–Kier alpha value is -0.770. The van der Waals surface area contributed by atoms with E-state index in [1.54, 1.807) is 6.34 Å². The van der Waals surface area contributed by atoms with Gasteiger partial charge in [0.1, 0.15) is 6.34 Å². The number of allylic oxidation sites excluding steroid dienone is 1. The quantitative estimate of drug-likeness (QED) is 0.584. The SMILES string of the molecule is CC1=N[C@@H]2N=CN=C2C=C1Br. The minimum Gasteiger partial charge on any atom is -0.256 e. The second-order valence-electron chi connectivity index (χ2n) is 2.40. The number of fused-ring (bicyclic) bond motifs is 1. The highest BCUT2D eigenvalue weighted by Gasteiger charge is 2.20. The molecule has 2 heterocycles. The average molecular weight is 212 g/mol. The predicted octanol–water partition coefficient (Wildman–Crippen LogP) is 1.55. The fourth-order valence-corrected chi connectivity index (χ4v) is 1.33. The van der Waals surface area contributed by atoms with E-state index in [0.717, 1.165) is 15.9 Å². The standard InChI is InChI=1S/C7H6BrN3/c1-4-5(8)2-6-7(11-4)10-3-9-6/h2-3,7H,1H3/t7-/m0/s1. The molecule has 0 spiro atoms. The molecule has 0 radical (unpaired) electrons. The molecule has 0 aliphatic carbocycles. The van der Waals surface area contributed by atoms with Crippen LogP contribution in [0.3, 0.4) is 0 Å². The third kappa shape index (κ3) is 1.07. The third-order valence-corrected chi connectivity index (χ3v) is 2.42. The zero-order valence-corrected chi connectivity index (χ0v) is 7.54. The topological polar surface area (TPSA) is 37.1 Å². The van der Waals surface area contributed by atoms with Crippen molar-refractivity contribution in [3.8, 4) is 0 Å². The molecule has 0 saturated heterocycles. The summed E-state index contributed by atoms with van der Waals surface area (Å²) in [6.45, 7) is 1.95. The number of hydrogen-bond acceptors (Lipinski definition) is 3.